The van der Waals surface area contributed by atoms with Gasteiger partial charge in [0.05, 0.1) is 87.3 Å². The molecule has 145 heavy (non-hydrogen) atoms. The van der Waals surface area contributed by atoms with Gasteiger partial charge in [-0.15, -0.1) is 0 Å². The standard InChI is InChI=1S/C21H16BrClN4O3.C21H16Cl2N4O3.C20H14BrClN4O3.C19H12BrClN4O2S.C19H12Cl2N4O2S/c1-3-29-21(28)17-16(22)18(27(25-17)15-10-5-4-9-14(15)23)19-24-20(30-26-19)13-8-6-7-12(2)11-13;1-3-29-21(28)17-16(23)18(27(25-17)15-10-5-4-9-14(15)22)19-24-20(30-26-19)13-8-6-7-12(2)11-13;1-11-6-5-7-12(10-11)19-23-18(25-29-19)17-15(21)16(20(27)28-2)24-26(17)14-9-4-3-8-13(14)22;1-10-5-4-6-11(9-10)18-22-17(24-28-18)16-14(20)15(19(26)27)23-25(16)13-8-3-2-7-12(13)21;1-10-5-4-6-11(9-10)18-22-17(24-28-18)16-14(21)15(19(26)27)23-25(16)13-8-3-2-7-12(13)20/h2*4-11H,3H2,1-2H3;3-10H,1-2H3;2*2-9H,1H3,(H,26,27). The van der Waals surface area contributed by atoms with Crippen molar-refractivity contribution >= 4 is 182 Å². The molecule has 10 heterocycles. The van der Waals surface area contributed by atoms with Gasteiger partial charge < -0.3 is 38.0 Å². The Morgan fingerprint density at radius 2 is 0.586 bits per heavy atom. The van der Waals surface area contributed by atoms with Gasteiger partial charge in [-0.05, 0) is 229 Å². The van der Waals surface area contributed by atoms with Gasteiger partial charge >= 0.3 is 29.8 Å². The minimum absolute atomic E-state index is 0.0407. The number of methoxy groups -OCH3 is 1. The van der Waals surface area contributed by atoms with Crippen LogP contribution in [0, 0.1) is 34.6 Å². The molecule has 0 saturated heterocycles. The predicted molar refractivity (Wildman–Crippen MR) is 562 cm³/mol. The number of aromatic nitrogens is 20. The number of esters is 3. The third-order valence-electron chi connectivity index (χ3n) is 20.8. The van der Waals surface area contributed by atoms with Crippen LogP contribution >= 0.6 is 152 Å². The zero-order valence-corrected chi connectivity index (χ0v) is 88.1. The van der Waals surface area contributed by atoms with Crippen molar-refractivity contribution in [3.05, 3.63) is 348 Å². The summed E-state index contributed by atoms with van der Waals surface area (Å²) in [6.45, 7) is 13.8. The van der Waals surface area contributed by atoms with E-state index >= 15 is 0 Å². The van der Waals surface area contributed by atoms with Crippen molar-refractivity contribution in [1.29, 1.82) is 0 Å². The van der Waals surface area contributed by atoms with Crippen LogP contribution in [0.25, 0.3) is 142 Å². The third-order valence-corrected chi connectivity index (χ3v) is 26.9. The average molecular weight is 2310 g/mol. The summed E-state index contributed by atoms with van der Waals surface area (Å²) in [5.41, 5.74) is 13.8. The molecule has 0 radical (unpaired) electrons. The minimum Gasteiger partial charge on any atom is -0.476 e. The van der Waals surface area contributed by atoms with E-state index in [1.54, 1.807) is 123 Å². The first-order valence-electron chi connectivity index (χ1n) is 43.0. The lowest BCUT2D eigenvalue weighted by atomic mass is 10.1. The van der Waals surface area contributed by atoms with Crippen LogP contribution in [0.1, 0.15) is 94.1 Å². The van der Waals surface area contributed by atoms with Gasteiger partial charge in [0.25, 0.3) is 17.7 Å². The number of nitrogens with zero attached hydrogens (tertiary/aromatic N) is 20. The third kappa shape index (κ3) is 22.9. The van der Waals surface area contributed by atoms with E-state index in [1.807, 2.05) is 168 Å². The van der Waals surface area contributed by atoms with Crippen LogP contribution in [0.4, 0.5) is 0 Å². The Labute approximate surface area is 892 Å². The summed E-state index contributed by atoms with van der Waals surface area (Å²) in [5.74, 6) is -1.90. The predicted octanol–water partition coefficient (Wildman–Crippen LogP) is 26.8. The molecule has 33 nitrogen and oxygen atoms in total. The van der Waals surface area contributed by atoms with E-state index in [0.29, 0.717) is 113 Å². The van der Waals surface area contributed by atoms with Crippen LogP contribution in [-0.4, -0.2) is 158 Å². The molecule has 0 fully saturated rings. The fourth-order valence-corrected chi connectivity index (χ4v) is 18.9. The molecular weight excluding hydrogens is 2240 g/mol. The number of ether oxygens (including phenoxy) is 3. The van der Waals surface area contributed by atoms with Gasteiger partial charge in [0, 0.05) is 27.8 Å². The van der Waals surface area contributed by atoms with Crippen LogP contribution in [0.15, 0.2) is 270 Å². The number of carbonyl (C=O) groups excluding carboxylic acids is 3. The summed E-state index contributed by atoms with van der Waals surface area (Å²) in [5, 5.41) is 56.3. The molecular formula is C100H70Br3Cl7N20O13S2. The number of carbonyl (C=O) groups is 5. The molecule has 2 N–H and O–H groups in total. The molecule has 0 unspecified atom stereocenters. The van der Waals surface area contributed by atoms with Crippen molar-refractivity contribution in [2.45, 2.75) is 48.5 Å². The highest BCUT2D eigenvalue weighted by molar-refractivity contribution is 9.11. The lowest BCUT2D eigenvalue weighted by Crippen LogP contribution is -2.07. The quantitative estimate of drug-likeness (QED) is 0.0470. The van der Waals surface area contributed by atoms with Gasteiger partial charge in [-0.25, -0.2) is 57.3 Å². The second-order valence-corrected chi connectivity index (χ2v) is 37.6. The number of hydrogen-bond acceptors (Lipinski definition) is 28. The van der Waals surface area contributed by atoms with E-state index < -0.39 is 29.8 Å². The monoisotopic (exact) mass is 2300 g/mol. The molecule has 730 valence electrons. The maximum Gasteiger partial charge on any atom is 0.360 e. The molecule has 0 aliphatic heterocycles. The van der Waals surface area contributed by atoms with Gasteiger partial charge in [-0.1, -0.05) is 258 Å². The largest absolute Gasteiger partial charge is 0.476 e. The SMILES string of the molecule is CCOC(=O)c1nn(-c2ccccc2Cl)c(-c2noc(-c3cccc(C)c3)n2)c1Br.CCOC(=O)c1nn(-c2ccccc2Cl)c(-c2noc(-c3cccc(C)c3)n2)c1Cl.COC(=O)c1nn(-c2ccccc2Cl)c(-c2noc(-c3cccc(C)c3)n2)c1Br.Cc1cccc(-c2nc(-c3c(Br)c(C(=O)O)nn3-c3ccccc3Cl)ns2)c1.Cc1cccc(-c2nc(-c3c(Cl)c(C(=O)O)nn3-c3ccccc3Cl)ns2)c1. The van der Waals surface area contributed by atoms with Crippen LogP contribution in [0.3, 0.4) is 0 Å². The maximum atomic E-state index is 12.4. The summed E-state index contributed by atoms with van der Waals surface area (Å²) in [4.78, 5) is 82.8. The average Bonchev–Trinajstić information content (AvgIpc) is 1.62. The summed E-state index contributed by atoms with van der Waals surface area (Å²) >= 11 is 57.3. The summed E-state index contributed by atoms with van der Waals surface area (Å²) < 4.78 is 48.6. The molecule has 20 rings (SSSR count). The lowest BCUT2D eigenvalue weighted by Gasteiger charge is -2.07. The molecule has 0 saturated carbocycles. The zero-order chi connectivity index (χ0) is 103. The first kappa shape index (κ1) is 103. The molecule has 0 bridgehead atoms. The number of aromatic carboxylic acids is 2. The molecule has 10 aromatic heterocycles. The molecule has 20 aromatic rings. The summed E-state index contributed by atoms with van der Waals surface area (Å²) in [7, 11) is 1.28. The number of carboxylic acids is 2. The number of aryl methyl sites for hydroxylation is 5. The maximum absolute atomic E-state index is 12.4. The lowest BCUT2D eigenvalue weighted by molar-refractivity contribution is 0.0509. The number of carboxylic acid groups (broad SMARTS) is 2. The van der Waals surface area contributed by atoms with Gasteiger partial charge in [0.1, 0.15) is 48.5 Å². The van der Waals surface area contributed by atoms with Crippen LogP contribution in [0.5, 0.6) is 0 Å². The molecule has 0 spiro atoms. The number of benzene rings is 10. The van der Waals surface area contributed by atoms with Crippen molar-refractivity contribution in [2.75, 3.05) is 20.3 Å². The second kappa shape index (κ2) is 46.1. The molecule has 10 aromatic carbocycles. The summed E-state index contributed by atoms with van der Waals surface area (Å²) in [6.07, 6.45) is 0. The van der Waals surface area contributed by atoms with Crippen molar-refractivity contribution in [2.24, 2.45) is 0 Å². The van der Waals surface area contributed by atoms with Gasteiger partial charge in [-0.3, -0.25) is 0 Å². The number of rotatable bonds is 22. The Morgan fingerprint density at radius 1 is 0.324 bits per heavy atom. The molecule has 0 amide bonds. The fourth-order valence-electron chi connectivity index (χ4n) is 14.2. The van der Waals surface area contributed by atoms with E-state index in [1.165, 1.54) is 53.6 Å². The Bertz CT molecular complexity index is 7920. The second-order valence-electron chi connectivity index (χ2n) is 30.9. The Morgan fingerprint density at radius 3 is 0.917 bits per heavy atom. The minimum atomic E-state index is -1.24. The Kier molecular flexibility index (Phi) is 32.9. The van der Waals surface area contributed by atoms with Crippen LogP contribution in [-0.2, 0) is 14.2 Å². The smallest absolute Gasteiger partial charge is 0.360 e. The van der Waals surface area contributed by atoms with Crippen LogP contribution in [0.2, 0.25) is 35.2 Å². The zero-order valence-electron chi connectivity index (χ0n) is 76.4. The Hall–Kier alpha value is -14.4. The fraction of sp³-hybridized carbons (Fsp3) is 0.100. The topological polar surface area (TPSA) is 411 Å². The molecule has 45 heteroatoms. The van der Waals surface area contributed by atoms with Crippen molar-refractivity contribution in [3.8, 4) is 142 Å². The van der Waals surface area contributed by atoms with Gasteiger partial charge in [0.15, 0.2) is 40.1 Å². The van der Waals surface area contributed by atoms with E-state index in [2.05, 4.69) is 122 Å². The van der Waals surface area contributed by atoms with E-state index in [9.17, 15) is 34.2 Å². The van der Waals surface area contributed by atoms with Gasteiger partial charge in [0.2, 0.25) is 17.5 Å². The molecule has 0 aliphatic carbocycles. The highest BCUT2D eigenvalue weighted by Gasteiger charge is 2.35. The number of para-hydroxylation sites is 5. The van der Waals surface area contributed by atoms with Crippen LogP contribution < -0.4 is 0 Å². The number of halogens is 10. The van der Waals surface area contributed by atoms with Crippen molar-refractivity contribution < 1.29 is 62.0 Å². The normalized spacial score (nSPS) is 10.9. The van der Waals surface area contributed by atoms with E-state index in [-0.39, 0.29) is 86.4 Å². The molecule has 0 aliphatic rings. The van der Waals surface area contributed by atoms with Crippen molar-refractivity contribution in [1.82, 2.24) is 98.0 Å². The van der Waals surface area contributed by atoms with Crippen molar-refractivity contribution in [3.63, 3.8) is 0 Å². The Balaban J connectivity index is 0.000000130. The highest BCUT2D eigenvalue weighted by Crippen LogP contribution is 2.43. The molecule has 0 atom stereocenters. The highest BCUT2D eigenvalue weighted by atomic mass is 79.9. The summed E-state index contributed by atoms with van der Waals surface area (Å²) in [6, 6.07) is 74.2. The first-order chi connectivity index (χ1) is 69.9. The van der Waals surface area contributed by atoms with E-state index in [4.69, 9.17) is 109 Å². The van der Waals surface area contributed by atoms with Gasteiger partial charge in [-0.2, -0.15) is 49.2 Å². The van der Waals surface area contributed by atoms with E-state index in [0.717, 1.165) is 60.6 Å². The first-order valence-corrected chi connectivity index (χ1v) is 49.6. The number of hydrogen-bond donors (Lipinski definition) is 2.